The van der Waals surface area contributed by atoms with Gasteiger partial charge in [0, 0.05) is 5.56 Å². The third-order valence-corrected chi connectivity index (χ3v) is 4.01. The van der Waals surface area contributed by atoms with Gasteiger partial charge in [0.25, 0.3) is 0 Å². The molecule has 0 unspecified atom stereocenters. The Morgan fingerprint density at radius 1 is 1.05 bits per heavy atom. The molecule has 0 amide bonds. The number of esters is 1. The quantitative estimate of drug-likeness (QED) is 0.555. The van der Waals surface area contributed by atoms with Crippen LogP contribution in [0, 0.1) is 0 Å². The van der Waals surface area contributed by atoms with Gasteiger partial charge in [-0.2, -0.15) is 0 Å². The summed E-state index contributed by atoms with van der Waals surface area (Å²) in [6, 6.07) is 6.40. The van der Waals surface area contributed by atoms with Crippen molar-refractivity contribution in [3.63, 3.8) is 0 Å². The maximum absolute atomic E-state index is 11.6. The number of halogens is 4. The molecule has 2 rings (SSSR count). The lowest BCUT2D eigenvalue weighted by molar-refractivity contribution is 0.0594. The van der Waals surface area contributed by atoms with E-state index in [-0.39, 0.29) is 15.7 Å². The molecule has 2 aromatic rings. The van der Waals surface area contributed by atoms with E-state index in [1.807, 2.05) is 0 Å². The lowest BCUT2D eigenvalue weighted by Gasteiger charge is -2.07. The molecular formula is C13H7Cl4NO2. The fraction of sp³-hybridized carbons (Fsp3) is 0.0769. The van der Waals surface area contributed by atoms with E-state index in [9.17, 15) is 4.79 Å². The van der Waals surface area contributed by atoms with E-state index in [1.165, 1.54) is 7.11 Å². The second kappa shape index (κ2) is 6.19. The molecule has 7 heteroatoms. The maximum Gasteiger partial charge on any atom is 0.358 e. The Morgan fingerprint density at radius 2 is 1.65 bits per heavy atom. The summed E-state index contributed by atoms with van der Waals surface area (Å²) >= 11 is 23.7. The van der Waals surface area contributed by atoms with Crippen LogP contribution in [0.2, 0.25) is 20.1 Å². The number of methoxy groups -OCH3 is 1. The van der Waals surface area contributed by atoms with Crippen molar-refractivity contribution < 1.29 is 9.53 Å². The summed E-state index contributed by atoms with van der Waals surface area (Å²) in [5, 5.41) is 1.06. The van der Waals surface area contributed by atoms with Crippen LogP contribution in [0.25, 0.3) is 11.3 Å². The Labute approximate surface area is 135 Å². The number of ether oxygens (including phenoxy) is 1. The zero-order valence-electron chi connectivity index (χ0n) is 10.1. The number of nitrogens with zero attached hydrogens (tertiary/aromatic N) is 1. The van der Waals surface area contributed by atoms with Crippen LogP contribution in [-0.2, 0) is 4.74 Å². The van der Waals surface area contributed by atoms with E-state index in [0.717, 1.165) is 0 Å². The third kappa shape index (κ3) is 3.01. The first-order chi connectivity index (χ1) is 9.43. The van der Waals surface area contributed by atoms with Gasteiger partial charge in [-0.15, -0.1) is 0 Å². The minimum atomic E-state index is -0.622. The molecule has 0 atom stereocenters. The molecule has 20 heavy (non-hydrogen) atoms. The number of hydrogen-bond donors (Lipinski definition) is 0. The number of hydrogen-bond acceptors (Lipinski definition) is 3. The topological polar surface area (TPSA) is 39.2 Å². The molecule has 1 aromatic carbocycles. The van der Waals surface area contributed by atoms with Crippen LogP contribution < -0.4 is 0 Å². The highest BCUT2D eigenvalue weighted by Gasteiger charge is 2.15. The largest absolute Gasteiger partial charge is 0.464 e. The molecule has 0 N–H and O–H groups in total. The van der Waals surface area contributed by atoms with Gasteiger partial charge in [-0.05, 0) is 24.3 Å². The molecule has 0 fully saturated rings. The number of carbonyl (C=O) groups excluding carboxylic acids is 1. The fourth-order valence-corrected chi connectivity index (χ4v) is 2.32. The molecule has 1 aromatic heterocycles. The van der Waals surface area contributed by atoms with E-state index in [0.29, 0.717) is 21.3 Å². The number of rotatable bonds is 2. The van der Waals surface area contributed by atoms with Gasteiger partial charge in [-0.3, -0.25) is 0 Å². The lowest BCUT2D eigenvalue weighted by Crippen LogP contribution is -2.05. The molecule has 0 saturated heterocycles. The molecule has 0 spiro atoms. The maximum atomic E-state index is 11.6. The number of aromatic nitrogens is 1. The Kier molecular flexibility index (Phi) is 4.76. The van der Waals surface area contributed by atoms with Crippen LogP contribution in [0.5, 0.6) is 0 Å². The Bertz CT molecular complexity index is 665. The van der Waals surface area contributed by atoms with Crippen LogP contribution in [0.1, 0.15) is 10.5 Å². The standard InChI is InChI=1S/C13H7Cl4NO2/c1-20-13(19)12-7(14)2-3-10(18-12)6-4-8(15)11(17)9(16)5-6/h2-5H,1H3. The first-order valence-corrected chi connectivity index (χ1v) is 6.85. The minimum absolute atomic E-state index is 0.0221. The smallest absolute Gasteiger partial charge is 0.358 e. The second-order valence-corrected chi connectivity index (χ2v) is 5.37. The normalized spacial score (nSPS) is 10.4. The fourth-order valence-electron chi connectivity index (χ4n) is 1.55. The highest BCUT2D eigenvalue weighted by Crippen LogP contribution is 2.35. The van der Waals surface area contributed by atoms with Gasteiger partial charge in [-0.1, -0.05) is 46.4 Å². The molecule has 0 radical (unpaired) electrons. The SMILES string of the molecule is COC(=O)c1nc(-c2cc(Cl)c(Cl)c(Cl)c2)ccc1Cl. The van der Waals surface area contributed by atoms with Crippen molar-refractivity contribution in [2.75, 3.05) is 7.11 Å². The van der Waals surface area contributed by atoms with Gasteiger partial charge >= 0.3 is 5.97 Å². The summed E-state index contributed by atoms with van der Waals surface area (Å²) in [6.45, 7) is 0. The van der Waals surface area contributed by atoms with E-state index >= 15 is 0 Å². The van der Waals surface area contributed by atoms with Crippen molar-refractivity contribution in [1.29, 1.82) is 0 Å². The molecule has 0 aliphatic carbocycles. The summed E-state index contributed by atoms with van der Waals surface area (Å²) in [6.07, 6.45) is 0. The van der Waals surface area contributed by atoms with Crippen LogP contribution in [0.4, 0.5) is 0 Å². The summed E-state index contributed by atoms with van der Waals surface area (Å²) in [5.74, 6) is -0.622. The number of carbonyl (C=O) groups is 1. The van der Waals surface area contributed by atoms with Crippen molar-refractivity contribution in [3.8, 4) is 11.3 Å². The van der Waals surface area contributed by atoms with Crippen LogP contribution in [0.15, 0.2) is 24.3 Å². The molecule has 104 valence electrons. The van der Waals surface area contributed by atoms with Crippen molar-refractivity contribution in [2.24, 2.45) is 0 Å². The first-order valence-electron chi connectivity index (χ1n) is 5.34. The van der Waals surface area contributed by atoms with E-state index in [1.54, 1.807) is 24.3 Å². The van der Waals surface area contributed by atoms with Gasteiger partial charge in [0.15, 0.2) is 5.69 Å². The monoisotopic (exact) mass is 349 g/mol. The number of benzene rings is 1. The van der Waals surface area contributed by atoms with Crippen molar-refractivity contribution >= 4 is 52.4 Å². The van der Waals surface area contributed by atoms with Crippen molar-refractivity contribution in [3.05, 3.63) is 50.0 Å². The predicted octanol–water partition coefficient (Wildman–Crippen LogP) is 5.15. The number of pyridine rings is 1. The van der Waals surface area contributed by atoms with Gasteiger partial charge < -0.3 is 4.74 Å². The van der Waals surface area contributed by atoms with Crippen LogP contribution in [0.3, 0.4) is 0 Å². The average molecular weight is 351 g/mol. The van der Waals surface area contributed by atoms with Crippen molar-refractivity contribution in [1.82, 2.24) is 4.98 Å². The Morgan fingerprint density at radius 3 is 2.20 bits per heavy atom. The molecule has 0 bridgehead atoms. The van der Waals surface area contributed by atoms with Gasteiger partial charge in [-0.25, -0.2) is 9.78 Å². The highest BCUT2D eigenvalue weighted by molar-refractivity contribution is 6.48. The summed E-state index contributed by atoms with van der Waals surface area (Å²) < 4.78 is 4.62. The minimum Gasteiger partial charge on any atom is -0.464 e. The molecule has 0 saturated carbocycles. The summed E-state index contributed by atoms with van der Waals surface area (Å²) in [7, 11) is 1.25. The molecule has 0 aliphatic rings. The zero-order valence-corrected chi connectivity index (χ0v) is 13.1. The van der Waals surface area contributed by atoms with Gasteiger partial charge in [0.2, 0.25) is 0 Å². The van der Waals surface area contributed by atoms with E-state index in [4.69, 9.17) is 46.4 Å². The van der Waals surface area contributed by atoms with Crippen LogP contribution >= 0.6 is 46.4 Å². The van der Waals surface area contributed by atoms with Crippen LogP contribution in [-0.4, -0.2) is 18.1 Å². The summed E-state index contributed by atoms with van der Waals surface area (Å²) in [5.41, 5.74) is 1.12. The predicted molar refractivity (Wildman–Crippen MR) is 81.1 cm³/mol. The molecule has 0 aliphatic heterocycles. The second-order valence-electron chi connectivity index (χ2n) is 3.77. The molecule has 3 nitrogen and oxygen atoms in total. The molecule has 1 heterocycles. The van der Waals surface area contributed by atoms with E-state index < -0.39 is 5.97 Å². The molecular weight excluding hydrogens is 344 g/mol. The van der Waals surface area contributed by atoms with Gasteiger partial charge in [0.1, 0.15) is 0 Å². The zero-order chi connectivity index (χ0) is 14.9. The highest BCUT2D eigenvalue weighted by atomic mass is 35.5. The Balaban J connectivity index is 2.56. The third-order valence-electron chi connectivity index (χ3n) is 2.50. The average Bonchev–Trinajstić information content (AvgIpc) is 2.44. The van der Waals surface area contributed by atoms with Crippen molar-refractivity contribution in [2.45, 2.75) is 0 Å². The summed E-state index contributed by atoms with van der Waals surface area (Å²) in [4.78, 5) is 15.7. The lowest BCUT2D eigenvalue weighted by atomic mass is 10.1. The van der Waals surface area contributed by atoms with Gasteiger partial charge in [0.05, 0.1) is 32.9 Å². The first kappa shape index (κ1) is 15.4. The van der Waals surface area contributed by atoms with E-state index in [2.05, 4.69) is 9.72 Å². The Hall–Kier alpha value is -1.000.